The van der Waals surface area contributed by atoms with Gasteiger partial charge in [0, 0.05) is 38.3 Å². The average molecular weight is 455 g/mol. The zero-order chi connectivity index (χ0) is 23.2. The predicted octanol–water partition coefficient (Wildman–Crippen LogP) is 4.08. The fourth-order valence-corrected chi connectivity index (χ4v) is 5.05. The number of rotatable bonds is 5. The molecule has 1 saturated carbocycles. The first-order valence-electron chi connectivity index (χ1n) is 12.2. The highest BCUT2D eigenvalue weighted by Crippen LogP contribution is 2.35. The lowest BCUT2D eigenvalue weighted by molar-refractivity contribution is 0.0709. The minimum absolute atomic E-state index is 0.0332. The maximum atomic E-state index is 13.1. The number of amides is 1. The van der Waals surface area contributed by atoms with Gasteiger partial charge in [0.15, 0.2) is 11.6 Å². The second kappa shape index (κ2) is 8.40. The van der Waals surface area contributed by atoms with Crippen molar-refractivity contribution in [2.24, 2.45) is 18.7 Å². The summed E-state index contributed by atoms with van der Waals surface area (Å²) < 4.78 is 4.40. The van der Waals surface area contributed by atoms with E-state index in [-0.39, 0.29) is 11.9 Å². The maximum absolute atomic E-state index is 13.1. The van der Waals surface area contributed by atoms with Crippen LogP contribution in [0.25, 0.3) is 33.9 Å². The van der Waals surface area contributed by atoms with Gasteiger partial charge in [-0.2, -0.15) is 0 Å². The van der Waals surface area contributed by atoms with E-state index in [0.717, 1.165) is 59.9 Å². The van der Waals surface area contributed by atoms with Crippen LogP contribution in [-0.4, -0.2) is 49.0 Å². The van der Waals surface area contributed by atoms with Gasteiger partial charge in [-0.1, -0.05) is 30.3 Å². The number of hydrogen-bond acceptors (Lipinski definition) is 4. The average Bonchev–Trinajstić information content (AvgIpc) is 3.50. The molecule has 1 atom stereocenters. The van der Waals surface area contributed by atoms with E-state index in [1.807, 2.05) is 42.4 Å². The highest BCUT2D eigenvalue weighted by molar-refractivity contribution is 5.98. The summed E-state index contributed by atoms with van der Waals surface area (Å²) in [5.41, 5.74) is 10.8. The van der Waals surface area contributed by atoms with Gasteiger partial charge in [0.25, 0.3) is 5.91 Å². The molecule has 6 rings (SSSR count). The van der Waals surface area contributed by atoms with E-state index in [4.69, 9.17) is 15.7 Å². The Morgan fingerprint density at radius 1 is 1.09 bits per heavy atom. The van der Waals surface area contributed by atoms with Crippen LogP contribution in [0.2, 0.25) is 0 Å². The number of fused-ring (bicyclic) bond motifs is 1. The second-order valence-electron chi connectivity index (χ2n) is 9.74. The number of piperidine rings is 1. The van der Waals surface area contributed by atoms with E-state index in [0.29, 0.717) is 18.0 Å². The molecule has 0 spiro atoms. The van der Waals surface area contributed by atoms with E-state index >= 15 is 0 Å². The SMILES string of the molecule is Cn1c(-c2ncc(-c3ccccc3)n2CC2CC2)nc2cc(C(=O)N3CCC[C@@H](N)C3)ccc21. The number of imidazole rings is 2. The summed E-state index contributed by atoms with van der Waals surface area (Å²) in [6.45, 7) is 2.33. The number of carbonyl (C=O) groups excluding carboxylic acids is 1. The molecule has 7 nitrogen and oxygen atoms in total. The molecule has 1 aliphatic carbocycles. The van der Waals surface area contributed by atoms with Gasteiger partial charge < -0.3 is 19.8 Å². The van der Waals surface area contributed by atoms with Crippen LogP contribution in [-0.2, 0) is 13.6 Å². The normalized spacial score (nSPS) is 18.5. The van der Waals surface area contributed by atoms with Crippen LogP contribution in [0, 0.1) is 5.92 Å². The highest BCUT2D eigenvalue weighted by Gasteiger charge is 2.27. The molecule has 2 aromatic heterocycles. The van der Waals surface area contributed by atoms with Crippen molar-refractivity contribution >= 4 is 16.9 Å². The summed E-state index contributed by atoms with van der Waals surface area (Å²) in [5, 5.41) is 0. The molecular formula is C27H30N6O. The first-order chi connectivity index (χ1) is 16.6. The number of benzene rings is 2. The molecule has 2 aromatic carbocycles. The summed E-state index contributed by atoms with van der Waals surface area (Å²) in [7, 11) is 2.02. The molecule has 34 heavy (non-hydrogen) atoms. The molecule has 2 N–H and O–H groups in total. The molecule has 0 unspecified atom stereocenters. The van der Waals surface area contributed by atoms with Crippen LogP contribution >= 0.6 is 0 Å². The third-order valence-corrected chi connectivity index (χ3v) is 7.14. The molecule has 1 aliphatic heterocycles. The first kappa shape index (κ1) is 21.1. The van der Waals surface area contributed by atoms with Gasteiger partial charge in [0.2, 0.25) is 0 Å². The molecule has 4 aromatic rings. The lowest BCUT2D eigenvalue weighted by atomic mass is 10.1. The Morgan fingerprint density at radius 2 is 1.91 bits per heavy atom. The van der Waals surface area contributed by atoms with Crippen molar-refractivity contribution in [1.82, 2.24) is 24.0 Å². The quantitative estimate of drug-likeness (QED) is 0.493. The Morgan fingerprint density at radius 3 is 2.68 bits per heavy atom. The van der Waals surface area contributed by atoms with Crippen molar-refractivity contribution < 1.29 is 4.79 Å². The number of nitrogens with two attached hydrogens (primary N) is 1. The first-order valence-corrected chi connectivity index (χ1v) is 12.2. The number of nitrogens with zero attached hydrogens (tertiary/aromatic N) is 5. The van der Waals surface area contributed by atoms with Gasteiger partial charge in [-0.05, 0) is 55.4 Å². The van der Waals surface area contributed by atoms with E-state index in [1.54, 1.807) is 0 Å². The zero-order valence-electron chi connectivity index (χ0n) is 19.5. The second-order valence-corrected chi connectivity index (χ2v) is 9.74. The summed E-state index contributed by atoms with van der Waals surface area (Å²) in [6.07, 6.45) is 6.42. The van der Waals surface area contributed by atoms with E-state index < -0.39 is 0 Å². The molecule has 2 fully saturated rings. The maximum Gasteiger partial charge on any atom is 0.253 e. The largest absolute Gasteiger partial charge is 0.337 e. The van der Waals surface area contributed by atoms with Crippen LogP contribution in [0.3, 0.4) is 0 Å². The van der Waals surface area contributed by atoms with Crippen molar-refractivity contribution in [3.8, 4) is 22.9 Å². The third kappa shape index (κ3) is 3.80. The summed E-state index contributed by atoms with van der Waals surface area (Å²) >= 11 is 0. The van der Waals surface area contributed by atoms with Gasteiger partial charge in [-0.15, -0.1) is 0 Å². The van der Waals surface area contributed by atoms with Gasteiger partial charge in [0.05, 0.1) is 22.9 Å². The lowest BCUT2D eigenvalue weighted by Gasteiger charge is -2.30. The van der Waals surface area contributed by atoms with Gasteiger partial charge >= 0.3 is 0 Å². The molecule has 0 bridgehead atoms. The Kier molecular flexibility index (Phi) is 5.21. The smallest absolute Gasteiger partial charge is 0.253 e. The topological polar surface area (TPSA) is 82.0 Å². The van der Waals surface area contributed by atoms with E-state index in [2.05, 4.69) is 33.4 Å². The fraction of sp³-hybridized carbons (Fsp3) is 0.370. The number of aromatic nitrogens is 4. The number of carbonyl (C=O) groups is 1. The van der Waals surface area contributed by atoms with Crippen molar-refractivity contribution in [2.45, 2.75) is 38.3 Å². The molecule has 7 heteroatoms. The molecule has 0 radical (unpaired) electrons. The van der Waals surface area contributed by atoms with Crippen molar-refractivity contribution in [1.29, 1.82) is 0 Å². The number of likely N-dealkylation sites (tertiary alicyclic amines) is 1. The van der Waals surface area contributed by atoms with Crippen LogP contribution in [0.1, 0.15) is 36.0 Å². The van der Waals surface area contributed by atoms with E-state index in [1.165, 1.54) is 12.8 Å². The molecular weight excluding hydrogens is 424 g/mol. The molecule has 1 saturated heterocycles. The van der Waals surface area contributed by atoms with Crippen molar-refractivity contribution in [2.75, 3.05) is 13.1 Å². The summed E-state index contributed by atoms with van der Waals surface area (Å²) in [6, 6.07) is 16.3. The lowest BCUT2D eigenvalue weighted by Crippen LogP contribution is -2.45. The highest BCUT2D eigenvalue weighted by atomic mass is 16.2. The fourth-order valence-electron chi connectivity index (χ4n) is 5.05. The van der Waals surface area contributed by atoms with Crippen molar-refractivity contribution in [3.05, 3.63) is 60.3 Å². The zero-order valence-corrected chi connectivity index (χ0v) is 19.5. The predicted molar refractivity (Wildman–Crippen MR) is 133 cm³/mol. The van der Waals surface area contributed by atoms with Crippen molar-refractivity contribution in [3.63, 3.8) is 0 Å². The minimum Gasteiger partial charge on any atom is -0.337 e. The standard InChI is InChI=1S/C27H30N6O/c1-31-23-12-11-20(27(34)32-13-5-8-21(28)17-32)14-22(23)30-26(31)25-29-15-24(19-6-3-2-4-7-19)33(25)16-18-9-10-18/h2-4,6-7,11-12,14-15,18,21H,5,8-10,13,16-17,28H2,1H3/t21-/m1/s1. The van der Waals surface area contributed by atoms with E-state index in [9.17, 15) is 4.79 Å². The van der Waals surface area contributed by atoms with Gasteiger partial charge in [-0.3, -0.25) is 4.79 Å². The van der Waals surface area contributed by atoms with Crippen LogP contribution in [0.15, 0.2) is 54.7 Å². The van der Waals surface area contributed by atoms with Crippen LogP contribution in [0.4, 0.5) is 0 Å². The monoisotopic (exact) mass is 454 g/mol. The third-order valence-electron chi connectivity index (χ3n) is 7.14. The van der Waals surface area contributed by atoms with Crippen LogP contribution in [0.5, 0.6) is 0 Å². The Balaban J connectivity index is 1.39. The van der Waals surface area contributed by atoms with Crippen LogP contribution < -0.4 is 5.73 Å². The summed E-state index contributed by atoms with van der Waals surface area (Å²) in [4.78, 5) is 24.8. The Hall–Kier alpha value is -3.45. The molecule has 2 aliphatic rings. The molecule has 174 valence electrons. The number of hydrogen-bond donors (Lipinski definition) is 1. The van der Waals surface area contributed by atoms with Gasteiger partial charge in [0.1, 0.15) is 0 Å². The minimum atomic E-state index is 0.0332. The molecule has 1 amide bonds. The molecule has 3 heterocycles. The Labute approximate surface area is 199 Å². The van der Waals surface area contributed by atoms with Gasteiger partial charge in [-0.25, -0.2) is 9.97 Å². The Bertz CT molecular complexity index is 1350. The summed E-state index contributed by atoms with van der Waals surface area (Å²) in [5.74, 6) is 2.43. The number of aryl methyl sites for hydroxylation is 1.